The van der Waals surface area contributed by atoms with Crippen molar-refractivity contribution in [2.45, 2.75) is 31.2 Å². The van der Waals surface area contributed by atoms with Crippen LogP contribution in [0.3, 0.4) is 0 Å². The Hall–Kier alpha value is -1.45. The Morgan fingerprint density at radius 1 is 1.47 bits per heavy atom. The van der Waals surface area contributed by atoms with Gasteiger partial charge in [-0.25, -0.2) is 0 Å². The molecule has 0 aliphatic carbocycles. The van der Waals surface area contributed by atoms with Crippen LogP contribution >= 0.6 is 0 Å². The summed E-state index contributed by atoms with van der Waals surface area (Å²) in [6, 6.07) is 7.70. The Morgan fingerprint density at radius 2 is 2.24 bits per heavy atom. The molecule has 0 spiro atoms. The molecule has 86 valence electrons. The molecule has 0 bridgehead atoms. The van der Waals surface area contributed by atoms with Crippen LogP contribution in [0.2, 0.25) is 0 Å². The van der Waals surface area contributed by atoms with Crippen LogP contribution in [-0.4, -0.2) is 36.7 Å². The van der Waals surface area contributed by atoms with Crippen molar-refractivity contribution in [1.82, 2.24) is 4.90 Å². The fourth-order valence-corrected chi connectivity index (χ4v) is 2.90. The van der Waals surface area contributed by atoms with E-state index in [1.54, 1.807) is 0 Å². The number of anilines is 1. The number of carbonyl (C=O) groups is 1. The molecular formula is C13H15BN2O. The van der Waals surface area contributed by atoms with Gasteiger partial charge in [0.15, 0.2) is 0 Å². The lowest BCUT2D eigenvalue weighted by Gasteiger charge is -2.39. The molecule has 2 aliphatic rings. The summed E-state index contributed by atoms with van der Waals surface area (Å²) in [6.45, 7) is 2.81. The molecule has 4 heteroatoms. The van der Waals surface area contributed by atoms with Gasteiger partial charge in [-0.3, -0.25) is 4.79 Å². The second-order valence-electron chi connectivity index (χ2n) is 4.96. The van der Waals surface area contributed by atoms with Gasteiger partial charge in [0.2, 0.25) is 0 Å². The molecule has 1 saturated heterocycles. The maximum absolute atomic E-state index is 12.5. The lowest BCUT2D eigenvalue weighted by molar-refractivity contribution is 0.0696. The summed E-state index contributed by atoms with van der Waals surface area (Å²) in [5, 5.41) is 3.38. The minimum Gasteiger partial charge on any atom is -0.380 e. The second kappa shape index (κ2) is 3.52. The predicted octanol–water partition coefficient (Wildman–Crippen LogP) is 1.60. The first kappa shape index (κ1) is 10.7. The van der Waals surface area contributed by atoms with Gasteiger partial charge in [0.1, 0.15) is 7.85 Å². The van der Waals surface area contributed by atoms with Gasteiger partial charge < -0.3 is 10.2 Å². The van der Waals surface area contributed by atoms with Crippen LogP contribution in [-0.2, 0) is 0 Å². The third-order valence-electron chi connectivity index (χ3n) is 3.99. The smallest absolute Gasteiger partial charge is 0.255 e. The molecule has 2 radical (unpaired) electrons. The van der Waals surface area contributed by atoms with Crippen molar-refractivity contribution in [2.75, 3.05) is 11.9 Å². The number of benzene rings is 1. The Balaban J connectivity index is 2.13. The van der Waals surface area contributed by atoms with Crippen molar-refractivity contribution in [3.05, 3.63) is 29.8 Å². The average molecular weight is 226 g/mol. The highest BCUT2D eigenvalue weighted by molar-refractivity contribution is 6.19. The van der Waals surface area contributed by atoms with Gasteiger partial charge >= 0.3 is 0 Å². The van der Waals surface area contributed by atoms with Crippen LogP contribution in [0.25, 0.3) is 0 Å². The zero-order valence-electron chi connectivity index (χ0n) is 9.94. The minimum atomic E-state index is -0.546. The standard InChI is InChI=1S/C13H15BN2O/c1-9-13(14)7-4-8-16(13)12(17)10-5-2-3-6-11(10)15-9/h2-3,5-6,9,15H,4,7-8H2,1H3. The van der Waals surface area contributed by atoms with E-state index in [9.17, 15) is 4.79 Å². The number of carbonyl (C=O) groups excluding carboxylic acids is 1. The number of hydrogen-bond acceptors (Lipinski definition) is 2. The monoisotopic (exact) mass is 226 g/mol. The summed E-state index contributed by atoms with van der Waals surface area (Å²) >= 11 is 0. The molecule has 1 aromatic rings. The fraction of sp³-hybridized carbons (Fsp3) is 0.462. The van der Waals surface area contributed by atoms with Crippen molar-refractivity contribution in [1.29, 1.82) is 0 Å². The Bertz CT molecular complexity index is 476. The molecule has 2 heterocycles. The molecule has 1 N–H and O–H groups in total. The van der Waals surface area contributed by atoms with E-state index in [1.165, 1.54) is 0 Å². The summed E-state index contributed by atoms with van der Waals surface area (Å²) in [7, 11) is 6.42. The number of nitrogens with one attached hydrogen (secondary N) is 1. The van der Waals surface area contributed by atoms with Crippen LogP contribution < -0.4 is 5.32 Å². The van der Waals surface area contributed by atoms with E-state index < -0.39 is 5.44 Å². The first-order chi connectivity index (χ1) is 8.13. The topological polar surface area (TPSA) is 32.3 Å². The molecule has 0 aromatic heterocycles. The van der Waals surface area contributed by atoms with Crippen LogP contribution in [0, 0.1) is 0 Å². The quantitative estimate of drug-likeness (QED) is 0.681. The maximum atomic E-state index is 12.5. The summed E-state index contributed by atoms with van der Waals surface area (Å²) in [5.41, 5.74) is 1.08. The van der Waals surface area contributed by atoms with Crippen molar-refractivity contribution < 1.29 is 4.79 Å². The van der Waals surface area contributed by atoms with E-state index in [4.69, 9.17) is 7.85 Å². The van der Waals surface area contributed by atoms with Gasteiger partial charge in [0.05, 0.1) is 5.56 Å². The van der Waals surface area contributed by atoms with Crippen LogP contribution in [0.4, 0.5) is 5.69 Å². The molecular weight excluding hydrogens is 211 g/mol. The van der Waals surface area contributed by atoms with Crippen molar-refractivity contribution >= 4 is 19.4 Å². The van der Waals surface area contributed by atoms with Gasteiger partial charge in [-0.2, -0.15) is 0 Å². The summed E-state index contributed by atoms with van der Waals surface area (Å²) in [4.78, 5) is 14.3. The van der Waals surface area contributed by atoms with Gasteiger partial charge in [-0.1, -0.05) is 12.1 Å². The van der Waals surface area contributed by atoms with Crippen molar-refractivity contribution in [3.8, 4) is 0 Å². The molecule has 1 amide bonds. The van der Waals surface area contributed by atoms with E-state index in [-0.39, 0.29) is 11.9 Å². The Kier molecular flexibility index (Phi) is 2.22. The Morgan fingerprint density at radius 3 is 3.06 bits per heavy atom. The van der Waals surface area contributed by atoms with Crippen LogP contribution in [0.15, 0.2) is 24.3 Å². The second-order valence-corrected chi connectivity index (χ2v) is 4.96. The summed E-state index contributed by atoms with van der Waals surface area (Å²) in [6.07, 6.45) is 1.84. The lowest BCUT2D eigenvalue weighted by atomic mass is 9.70. The molecule has 2 atom stereocenters. The summed E-state index contributed by atoms with van der Waals surface area (Å²) < 4.78 is 0. The highest BCUT2D eigenvalue weighted by Gasteiger charge is 2.45. The zero-order chi connectivity index (χ0) is 12.0. The van der Waals surface area contributed by atoms with E-state index in [0.29, 0.717) is 0 Å². The van der Waals surface area contributed by atoms with Crippen molar-refractivity contribution in [3.63, 3.8) is 0 Å². The number of rotatable bonds is 0. The number of hydrogen-bond donors (Lipinski definition) is 1. The first-order valence-electron chi connectivity index (χ1n) is 6.09. The third-order valence-corrected chi connectivity index (χ3v) is 3.99. The number of nitrogens with zero attached hydrogens (tertiary/aromatic N) is 1. The van der Waals surface area contributed by atoms with Crippen molar-refractivity contribution in [2.24, 2.45) is 0 Å². The first-order valence-corrected chi connectivity index (χ1v) is 6.09. The molecule has 1 aromatic carbocycles. The molecule has 17 heavy (non-hydrogen) atoms. The Labute approximate surface area is 103 Å². The van der Waals surface area contributed by atoms with E-state index in [0.717, 1.165) is 30.6 Å². The van der Waals surface area contributed by atoms with Crippen LogP contribution in [0.5, 0.6) is 0 Å². The maximum Gasteiger partial charge on any atom is 0.255 e. The lowest BCUT2D eigenvalue weighted by Crippen LogP contribution is -2.55. The molecule has 3 nitrogen and oxygen atoms in total. The zero-order valence-corrected chi connectivity index (χ0v) is 9.94. The molecule has 3 rings (SSSR count). The number of amides is 1. The summed E-state index contributed by atoms with van der Waals surface area (Å²) in [5.74, 6) is 0.0532. The molecule has 2 unspecified atom stereocenters. The van der Waals surface area contributed by atoms with E-state index in [1.807, 2.05) is 36.1 Å². The van der Waals surface area contributed by atoms with Gasteiger partial charge in [0, 0.05) is 23.7 Å². The normalized spacial score (nSPS) is 31.5. The molecule has 2 aliphatic heterocycles. The molecule has 0 saturated carbocycles. The number of fused-ring (bicyclic) bond motifs is 2. The molecule has 1 fully saturated rings. The highest BCUT2D eigenvalue weighted by atomic mass is 16.2. The van der Waals surface area contributed by atoms with E-state index >= 15 is 0 Å². The minimum absolute atomic E-state index is 0.0532. The van der Waals surface area contributed by atoms with Gasteiger partial charge in [0.25, 0.3) is 5.91 Å². The third kappa shape index (κ3) is 1.39. The van der Waals surface area contributed by atoms with Crippen LogP contribution in [0.1, 0.15) is 30.1 Å². The SMILES string of the molecule is [B]C12CCCN1C(=O)c1ccccc1NC2C. The predicted molar refractivity (Wildman–Crippen MR) is 68.3 cm³/mol. The average Bonchev–Trinajstić information content (AvgIpc) is 2.69. The fourth-order valence-electron chi connectivity index (χ4n) is 2.90. The van der Waals surface area contributed by atoms with E-state index in [2.05, 4.69) is 5.32 Å². The highest BCUT2D eigenvalue weighted by Crippen LogP contribution is 2.36. The number of para-hydroxylation sites is 1. The van der Waals surface area contributed by atoms with Gasteiger partial charge in [-0.05, 0) is 31.9 Å². The largest absolute Gasteiger partial charge is 0.380 e. The van der Waals surface area contributed by atoms with Gasteiger partial charge in [-0.15, -0.1) is 0 Å².